The van der Waals surface area contributed by atoms with Gasteiger partial charge in [0.25, 0.3) is 10.0 Å². The van der Waals surface area contributed by atoms with Crippen molar-refractivity contribution >= 4 is 50.7 Å². The van der Waals surface area contributed by atoms with Crippen LogP contribution >= 0.6 is 23.2 Å². The number of hydrogen-bond donors (Lipinski definition) is 1. The minimum atomic E-state index is -4.10. The zero-order chi connectivity index (χ0) is 28.6. The van der Waals surface area contributed by atoms with E-state index in [-0.39, 0.29) is 17.3 Å². The summed E-state index contributed by atoms with van der Waals surface area (Å²) in [4.78, 5) is 28.6. The van der Waals surface area contributed by atoms with Crippen LogP contribution in [0.2, 0.25) is 10.0 Å². The molecule has 0 heterocycles. The topological polar surface area (TPSA) is 86.8 Å². The number of aryl methyl sites for hydroxylation is 1. The average molecular weight is 591 g/mol. The van der Waals surface area contributed by atoms with E-state index in [1.165, 1.54) is 17.0 Å². The van der Waals surface area contributed by atoms with E-state index in [2.05, 4.69) is 5.32 Å². The molecular weight excluding hydrogens is 557 g/mol. The minimum absolute atomic E-state index is 0.0425. The predicted molar refractivity (Wildman–Crippen MR) is 157 cm³/mol. The van der Waals surface area contributed by atoms with Crippen LogP contribution in [-0.4, -0.2) is 44.3 Å². The Morgan fingerprint density at radius 2 is 1.64 bits per heavy atom. The fourth-order valence-electron chi connectivity index (χ4n) is 4.15. The number of hydrogen-bond acceptors (Lipinski definition) is 4. The summed E-state index contributed by atoms with van der Waals surface area (Å²) in [5.74, 6) is -0.832. The Bertz CT molecular complexity index is 1400. The number of nitrogens with one attached hydrogen (secondary N) is 1. The lowest BCUT2D eigenvalue weighted by Gasteiger charge is -2.33. The zero-order valence-corrected chi connectivity index (χ0v) is 24.6. The molecule has 0 saturated heterocycles. The molecule has 0 aliphatic rings. The van der Waals surface area contributed by atoms with Crippen molar-refractivity contribution in [2.75, 3.05) is 17.4 Å². The molecule has 0 saturated carbocycles. The van der Waals surface area contributed by atoms with Crippen LogP contribution in [0.4, 0.5) is 5.69 Å². The normalized spacial score (nSPS) is 12.0. The monoisotopic (exact) mass is 589 g/mol. The van der Waals surface area contributed by atoms with E-state index in [1.54, 1.807) is 54.6 Å². The molecule has 0 spiro atoms. The Labute approximate surface area is 240 Å². The second-order valence-electron chi connectivity index (χ2n) is 9.15. The third kappa shape index (κ3) is 7.75. The molecule has 1 N–H and O–H groups in total. The van der Waals surface area contributed by atoms with E-state index in [4.69, 9.17) is 23.2 Å². The molecule has 0 aromatic heterocycles. The predicted octanol–water partition coefficient (Wildman–Crippen LogP) is 5.83. The quantitative estimate of drug-likeness (QED) is 0.288. The third-order valence-corrected chi connectivity index (χ3v) is 8.70. The van der Waals surface area contributed by atoms with Gasteiger partial charge in [0, 0.05) is 13.1 Å². The highest BCUT2D eigenvalue weighted by Gasteiger charge is 2.33. The molecule has 0 fully saturated rings. The van der Waals surface area contributed by atoms with Crippen molar-refractivity contribution in [1.82, 2.24) is 10.2 Å². The highest BCUT2D eigenvalue weighted by Crippen LogP contribution is 2.27. The van der Waals surface area contributed by atoms with Crippen LogP contribution < -0.4 is 9.62 Å². The summed E-state index contributed by atoms with van der Waals surface area (Å²) >= 11 is 12.3. The maximum Gasteiger partial charge on any atom is 0.264 e. The smallest absolute Gasteiger partial charge is 0.264 e. The van der Waals surface area contributed by atoms with Gasteiger partial charge in [0.1, 0.15) is 12.6 Å². The number of carbonyl (C=O) groups is 2. The minimum Gasteiger partial charge on any atom is -0.354 e. The maximum absolute atomic E-state index is 14.0. The molecule has 1 atom stereocenters. The van der Waals surface area contributed by atoms with Gasteiger partial charge in [-0.2, -0.15) is 0 Å². The Balaban J connectivity index is 2.05. The Morgan fingerprint density at radius 1 is 0.923 bits per heavy atom. The lowest BCUT2D eigenvalue weighted by molar-refractivity contribution is -0.140. The van der Waals surface area contributed by atoms with Gasteiger partial charge in [-0.25, -0.2) is 8.42 Å². The van der Waals surface area contributed by atoms with E-state index < -0.39 is 28.5 Å². The second kappa shape index (κ2) is 13.8. The van der Waals surface area contributed by atoms with Gasteiger partial charge >= 0.3 is 0 Å². The van der Waals surface area contributed by atoms with Crippen LogP contribution in [0.3, 0.4) is 0 Å². The molecule has 0 aliphatic carbocycles. The summed E-state index contributed by atoms with van der Waals surface area (Å²) in [5.41, 5.74) is 1.85. The summed E-state index contributed by atoms with van der Waals surface area (Å²) in [6.45, 7) is 5.60. The summed E-state index contributed by atoms with van der Waals surface area (Å²) in [6.07, 6.45) is 1.07. The summed E-state index contributed by atoms with van der Waals surface area (Å²) in [6, 6.07) is 19.1. The Morgan fingerprint density at radius 3 is 2.26 bits per heavy atom. The second-order valence-corrected chi connectivity index (χ2v) is 11.8. The maximum atomic E-state index is 14.0. The molecule has 0 unspecified atom stereocenters. The first kappa shape index (κ1) is 30.5. The first-order chi connectivity index (χ1) is 18.6. The van der Waals surface area contributed by atoms with E-state index in [9.17, 15) is 18.0 Å². The molecule has 0 radical (unpaired) electrons. The fourth-order valence-corrected chi connectivity index (χ4v) is 5.90. The first-order valence-electron chi connectivity index (χ1n) is 12.7. The van der Waals surface area contributed by atoms with Gasteiger partial charge in [-0.3, -0.25) is 13.9 Å². The first-order valence-corrected chi connectivity index (χ1v) is 14.9. The number of anilines is 1. The number of carbonyl (C=O) groups excluding carboxylic acids is 2. The third-order valence-electron chi connectivity index (χ3n) is 6.17. The SMILES string of the molecule is CCCNC(=O)[C@@H](CC)N(Cc1ccc(Cl)c(Cl)c1)C(=O)CN(c1cccc(C)c1)S(=O)(=O)c1ccccc1. The molecule has 3 aromatic rings. The molecule has 0 bridgehead atoms. The average Bonchev–Trinajstić information content (AvgIpc) is 2.92. The van der Waals surface area contributed by atoms with Gasteiger partial charge in [-0.05, 0) is 67.3 Å². The molecular formula is C29H33Cl2N3O4S. The van der Waals surface area contributed by atoms with E-state index >= 15 is 0 Å². The Hall–Kier alpha value is -3.07. The van der Waals surface area contributed by atoms with Crippen molar-refractivity contribution in [3.63, 3.8) is 0 Å². The van der Waals surface area contributed by atoms with Gasteiger partial charge in [-0.15, -0.1) is 0 Å². The zero-order valence-electron chi connectivity index (χ0n) is 22.2. The molecule has 3 aromatic carbocycles. The highest BCUT2D eigenvalue weighted by atomic mass is 35.5. The number of benzene rings is 3. The van der Waals surface area contributed by atoms with Crippen molar-refractivity contribution in [2.45, 2.75) is 51.1 Å². The van der Waals surface area contributed by atoms with Crippen LogP contribution in [0.5, 0.6) is 0 Å². The van der Waals surface area contributed by atoms with Crippen LogP contribution in [0, 0.1) is 6.92 Å². The van der Waals surface area contributed by atoms with Crippen LogP contribution in [0.1, 0.15) is 37.8 Å². The lowest BCUT2D eigenvalue weighted by Crippen LogP contribution is -2.52. The molecule has 10 heteroatoms. The van der Waals surface area contributed by atoms with Gasteiger partial charge in [0.05, 0.1) is 20.6 Å². The fraction of sp³-hybridized carbons (Fsp3) is 0.310. The molecule has 2 amide bonds. The standard InChI is InChI=1S/C29H33Cl2N3O4S/c1-4-16-32-29(36)27(5-2)33(19-22-14-15-25(30)26(31)18-22)28(35)20-34(23-11-9-10-21(3)17-23)39(37,38)24-12-7-6-8-13-24/h6-15,17-18,27H,4-5,16,19-20H2,1-3H3,(H,32,36)/t27-/m1/s1. The Kier molecular flexibility index (Phi) is 10.8. The van der Waals surface area contributed by atoms with Crippen LogP contribution in [0.25, 0.3) is 0 Å². The lowest BCUT2D eigenvalue weighted by atomic mass is 10.1. The van der Waals surface area contributed by atoms with E-state index in [0.717, 1.165) is 16.3 Å². The molecule has 208 valence electrons. The van der Waals surface area contributed by atoms with Crippen molar-refractivity contribution in [3.05, 3.63) is 94.0 Å². The number of rotatable bonds is 12. The van der Waals surface area contributed by atoms with Crippen molar-refractivity contribution in [2.24, 2.45) is 0 Å². The summed E-state index contributed by atoms with van der Waals surface area (Å²) in [7, 11) is -4.10. The number of halogens is 2. The summed E-state index contributed by atoms with van der Waals surface area (Å²) in [5, 5.41) is 3.55. The largest absolute Gasteiger partial charge is 0.354 e. The van der Waals surface area contributed by atoms with Gasteiger partial charge < -0.3 is 10.2 Å². The van der Waals surface area contributed by atoms with Crippen molar-refractivity contribution < 1.29 is 18.0 Å². The van der Waals surface area contributed by atoms with Crippen LogP contribution in [0.15, 0.2) is 77.7 Å². The van der Waals surface area contributed by atoms with Gasteiger partial charge in [0.2, 0.25) is 11.8 Å². The summed E-state index contributed by atoms with van der Waals surface area (Å²) < 4.78 is 28.7. The van der Waals surface area contributed by atoms with Gasteiger partial charge in [0.15, 0.2) is 0 Å². The number of amides is 2. The molecule has 0 aliphatic heterocycles. The van der Waals surface area contributed by atoms with Crippen molar-refractivity contribution in [1.29, 1.82) is 0 Å². The number of sulfonamides is 1. The molecule has 39 heavy (non-hydrogen) atoms. The number of nitrogens with zero attached hydrogens (tertiary/aromatic N) is 2. The van der Waals surface area contributed by atoms with Gasteiger partial charge in [-0.1, -0.05) is 73.4 Å². The van der Waals surface area contributed by atoms with E-state index in [0.29, 0.717) is 34.3 Å². The molecule has 3 rings (SSSR count). The van der Waals surface area contributed by atoms with E-state index in [1.807, 2.05) is 26.8 Å². The molecule has 7 nitrogen and oxygen atoms in total. The van der Waals surface area contributed by atoms with Crippen LogP contribution in [-0.2, 0) is 26.2 Å². The van der Waals surface area contributed by atoms with Crippen molar-refractivity contribution in [3.8, 4) is 0 Å². The highest BCUT2D eigenvalue weighted by molar-refractivity contribution is 7.92.